The highest BCUT2D eigenvalue weighted by atomic mass is 35.5. The Kier molecular flexibility index (Phi) is 5.60. The number of amidine groups is 1. The molecular formula is C23H25Cl2N3O. The van der Waals surface area contributed by atoms with Crippen LogP contribution in [0, 0.1) is 0 Å². The molecule has 2 aromatic carbocycles. The molecule has 1 heterocycles. The molecule has 2 aromatic rings. The van der Waals surface area contributed by atoms with E-state index in [1.807, 2.05) is 30.5 Å². The first-order valence-electron chi connectivity index (χ1n) is 10.0. The van der Waals surface area contributed by atoms with Crippen LogP contribution >= 0.6 is 23.2 Å². The molecule has 0 radical (unpaired) electrons. The molecule has 1 aliphatic heterocycles. The van der Waals surface area contributed by atoms with Crippen molar-refractivity contribution in [2.45, 2.75) is 50.8 Å². The van der Waals surface area contributed by atoms with Gasteiger partial charge in [-0.05, 0) is 36.1 Å². The number of aliphatic hydroxyl groups is 1. The number of rotatable bonds is 4. The molecular weight excluding hydrogens is 405 g/mol. The van der Waals surface area contributed by atoms with Crippen LogP contribution in [0.2, 0.25) is 10.0 Å². The summed E-state index contributed by atoms with van der Waals surface area (Å²) < 4.78 is 0. The molecule has 1 aliphatic carbocycles. The van der Waals surface area contributed by atoms with Crippen LogP contribution in [-0.4, -0.2) is 17.0 Å². The number of hydrogen-bond donors (Lipinski definition) is 3. The van der Waals surface area contributed by atoms with Gasteiger partial charge in [-0.2, -0.15) is 0 Å². The summed E-state index contributed by atoms with van der Waals surface area (Å²) in [6, 6.07) is 13.3. The summed E-state index contributed by atoms with van der Waals surface area (Å²) in [7, 11) is 0. The van der Waals surface area contributed by atoms with Gasteiger partial charge < -0.3 is 15.7 Å². The van der Waals surface area contributed by atoms with E-state index in [1.54, 1.807) is 6.07 Å². The van der Waals surface area contributed by atoms with E-state index in [9.17, 15) is 5.11 Å². The molecule has 29 heavy (non-hydrogen) atoms. The molecule has 0 aromatic heterocycles. The summed E-state index contributed by atoms with van der Waals surface area (Å²) in [5.74, 6) is 0.768. The molecule has 0 saturated heterocycles. The van der Waals surface area contributed by atoms with Gasteiger partial charge in [0, 0.05) is 33.9 Å². The third kappa shape index (κ3) is 3.54. The van der Waals surface area contributed by atoms with Crippen LogP contribution in [0.3, 0.4) is 0 Å². The molecule has 0 amide bonds. The Bertz CT molecular complexity index is 988. The number of hydrogen-bond acceptors (Lipinski definition) is 3. The minimum absolute atomic E-state index is 0.316. The van der Waals surface area contributed by atoms with E-state index < -0.39 is 11.6 Å². The number of aliphatic imine (C=N–C) groups is 1. The molecule has 4 rings (SSSR count). The normalized spacial score (nSPS) is 27.2. The fourth-order valence-electron chi connectivity index (χ4n) is 4.25. The summed E-state index contributed by atoms with van der Waals surface area (Å²) in [4.78, 5) is 5.08. The summed E-state index contributed by atoms with van der Waals surface area (Å²) in [5, 5.41) is 19.0. The Morgan fingerprint density at radius 2 is 1.97 bits per heavy atom. The Morgan fingerprint density at radius 1 is 1.17 bits per heavy atom. The maximum absolute atomic E-state index is 10.8. The lowest BCUT2D eigenvalue weighted by Gasteiger charge is -2.40. The molecule has 0 fully saturated rings. The second kappa shape index (κ2) is 8.02. The van der Waals surface area contributed by atoms with Gasteiger partial charge in [0.1, 0.15) is 17.4 Å². The van der Waals surface area contributed by atoms with Gasteiger partial charge in [0.2, 0.25) is 0 Å². The molecule has 2 aliphatic rings. The Labute approximate surface area is 181 Å². The van der Waals surface area contributed by atoms with Crippen molar-refractivity contribution in [2.24, 2.45) is 4.99 Å². The maximum Gasteiger partial charge on any atom is 0.132 e. The van der Waals surface area contributed by atoms with E-state index in [0.29, 0.717) is 16.5 Å². The van der Waals surface area contributed by atoms with Crippen molar-refractivity contribution < 1.29 is 5.11 Å². The fraction of sp³-hybridized carbons (Fsp3) is 0.348. The lowest BCUT2D eigenvalue weighted by molar-refractivity contribution is 0.159. The Morgan fingerprint density at radius 3 is 2.69 bits per heavy atom. The monoisotopic (exact) mass is 429 g/mol. The topological polar surface area (TPSA) is 56.7 Å². The summed E-state index contributed by atoms with van der Waals surface area (Å²) >= 11 is 12.8. The smallest absolute Gasteiger partial charge is 0.132 e. The SMILES string of the molecule is CCC1=CN[C@@](CC)(c2ccc(Cl)cc2Cl)C(=N[C@@H]2c3ccccc3C[C@@H]2O)N1. The van der Waals surface area contributed by atoms with Crippen LogP contribution in [-0.2, 0) is 12.0 Å². The highest BCUT2D eigenvalue weighted by molar-refractivity contribution is 6.35. The summed E-state index contributed by atoms with van der Waals surface area (Å²) in [6.45, 7) is 4.19. The van der Waals surface area contributed by atoms with E-state index in [0.717, 1.165) is 41.1 Å². The fourth-order valence-corrected chi connectivity index (χ4v) is 4.82. The van der Waals surface area contributed by atoms with Crippen LogP contribution in [0.4, 0.5) is 0 Å². The molecule has 0 spiro atoms. The van der Waals surface area contributed by atoms with Gasteiger partial charge in [-0.15, -0.1) is 0 Å². The summed E-state index contributed by atoms with van der Waals surface area (Å²) in [5.41, 5.74) is 3.55. The minimum atomic E-state index is -0.627. The van der Waals surface area contributed by atoms with Crippen LogP contribution in [0.1, 0.15) is 49.4 Å². The highest BCUT2D eigenvalue weighted by Crippen LogP contribution is 2.39. The number of allylic oxidation sites excluding steroid dienone is 1. The molecule has 0 unspecified atom stereocenters. The first-order chi connectivity index (χ1) is 14.0. The van der Waals surface area contributed by atoms with Crippen LogP contribution in [0.15, 0.2) is 59.4 Å². The number of aliphatic hydroxyl groups excluding tert-OH is 1. The van der Waals surface area contributed by atoms with Gasteiger partial charge in [-0.3, -0.25) is 4.99 Å². The van der Waals surface area contributed by atoms with E-state index in [4.69, 9.17) is 28.2 Å². The third-order valence-electron chi connectivity index (χ3n) is 5.91. The number of benzene rings is 2. The Hall–Kier alpha value is -2.01. The van der Waals surface area contributed by atoms with Crippen LogP contribution in [0.25, 0.3) is 0 Å². The van der Waals surface area contributed by atoms with Crippen molar-refractivity contribution in [2.75, 3.05) is 0 Å². The third-order valence-corrected chi connectivity index (χ3v) is 6.46. The number of nitrogens with zero attached hydrogens (tertiary/aromatic N) is 1. The molecule has 3 N–H and O–H groups in total. The molecule has 152 valence electrons. The standard InChI is InChI=1S/C23H25Cl2N3O/c1-3-16-13-26-23(4-2,18-10-9-15(24)12-19(18)25)22(27-16)28-21-17-8-6-5-7-14(17)11-20(21)29/h5-10,12-13,20-21,26,29H,3-4,11H2,1-2H3,(H,27,28)/t20-,21+,23-/m0/s1. The highest BCUT2D eigenvalue weighted by Gasteiger charge is 2.42. The van der Waals surface area contributed by atoms with Crippen molar-refractivity contribution in [3.63, 3.8) is 0 Å². The number of nitrogens with one attached hydrogen (secondary N) is 2. The first kappa shape index (κ1) is 20.3. The number of fused-ring (bicyclic) bond motifs is 1. The molecule has 0 bridgehead atoms. The zero-order valence-corrected chi connectivity index (χ0v) is 18.1. The lowest BCUT2D eigenvalue weighted by Crippen LogP contribution is -2.56. The lowest BCUT2D eigenvalue weighted by atomic mass is 9.84. The van der Waals surface area contributed by atoms with Crippen molar-refractivity contribution in [3.8, 4) is 0 Å². The largest absolute Gasteiger partial charge is 0.390 e. The Balaban J connectivity index is 1.86. The first-order valence-corrected chi connectivity index (χ1v) is 10.8. The van der Waals surface area contributed by atoms with E-state index in [2.05, 4.69) is 36.6 Å². The van der Waals surface area contributed by atoms with Crippen molar-refractivity contribution in [3.05, 3.63) is 81.1 Å². The predicted molar refractivity (Wildman–Crippen MR) is 119 cm³/mol. The van der Waals surface area contributed by atoms with Gasteiger partial charge in [-0.25, -0.2) is 0 Å². The van der Waals surface area contributed by atoms with E-state index in [-0.39, 0.29) is 6.04 Å². The second-order valence-electron chi connectivity index (χ2n) is 7.57. The van der Waals surface area contributed by atoms with Crippen molar-refractivity contribution in [1.82, 2.24) is 10.6 Å². The summed E-state index contributed by atoms with van der Waals surface area (Å²) in [6.07, 6.45) is 3.62. The average molecular weight is 430 g/mol. The van der Waals surface area contributed by atoms with E-state index >= 15 is 0 Å². The van der Waals surface area contributed by atoms with E-state index in [1.165, 1.54) is 0 Å². The van der Waals surface area contributed by atoms with Crippen LogP contribution < -0.4 is 10.6 Å². The zero-order chi connectivity index (χ0) is 20.6. The second-order valence-corrected chi connectivity index (χ2v) is 8.41. The minimum Gasteiger partial charge on any atom is -0.390 e. The zero-order valence-electron chi connectivity index (χ0n) is 16.5. The number of halogens is 2. The van der Waals surface area contributed by atoms with Gasteiger partial charge in [0.05, 0.1) is 6.10 Å². The molecule has 6 heteroatoms. The molecule has 3 atom stereocenters. The molecule has 4 nitrogen and oxygen atoms in total. The van der Waals surface area contributed by atoms with Crippen molar-refractivity contribution >= 4 is 29.0 Å². The average Bonchev–Trinajstić information content (AvgIpc) is 3.03. The van der Waals surface area contributed by atoms with Gasteiger partial charge in [-0.1, -0.05) is 67.4 Å². The predicted octanol–water partition coefficient (Wildman–Crippen LogP) is 5.10. The van der Waals surface area contributed by atoms with Crippen LogP contribution in [0.5, 0.6) is 0 Å². The van der Waals surface area contributed by atoms with Gasteiger partial charge in [0.25, 0.3) is 0 Å². The van der Waals surface area contributed by atoms with Crippen molar-refractivity contribution in [1.29, 1.82) is 0 Å². The maximum atomic E-state index is 10.8. The van der Waals surface area contributed by atoms with Gasteiger partial charge in [0.15, 0.2) is 0 Å². The molecule has 0 saturated carbocycles. The quantitative estimate of drug-likeness (QED) is 0.633. The van der Waals surface area contributed by atoms with Gasteiger partial charge >= 0.3 is 0 Å².